The fourth-order valence-electron chi connectivity index (χ4n) is 4.23. The van der Waals surface area contributed by atoms with E-state index in [0.29, 0.717) is 17.1 Å². The summed E-state index contributed by atoms with van der Waals surface area (Å²) in [7, 11) is 0. The monoisotopic (exact) mass is 525 g/mol. The number of benzene rings is 3. The van der Waals surface area contributed by atoms with Gasteiger partial charge in [0.2, 0.25) is 12.7 Å². The number of nitrogens with zero attached hydrogens (tertiary/aromatic N) is 3. The number of rotatable bonds is 6. The summed E-state index contributed by atoms with van der Waals surface area (Å²) < 4.78 is 24.1. The van der Waals surface area contributed by atoms with Gasteiger partial charge in [0.15, 0.2) is 11.5 Å². The van der Waals surface area contributed by atoms with E-state index >= 15 is 0 Å². The lowest BCUT2D eigenvalue weighted by molar-refractivity contribution is -0.384. The van der Waals surface area contributed by atoms with E-state index in [9.17, 15) is 28.9 Å². The third kappa shape index (κ3) is 4.56. The van der Waals surface area contributed by atoms with E-state index in [2.05, 4.69) is 0 Å². The molecule has 37 heavy (non-hydrogen) atoms. The highest BCUT2D eigenvalue weighted by Crippen LogP contribution is 2.34. The number of anilines is 1. The van der Waals surface area contributed by atoms with Crippen LogP contribution in [0.25, 0.3) is 0 Å². The number of nitro benzene ring substituents is 1. The molecule has 1 atom stereocenters. The summed E-state index contributed by atoms with van der Waals surface area (Å²) in [6.45, 7) is -0.0784. The van der Waals surface area contributed by atoms with Gasteiger partial charge in [-0.3, -0.25) is 24.5 Å². The average molecular weight is 526 g/mol. The van der Waals surface area contributed by atoms with E-state index in [-0.39, 0.29) is 36.0 Å². The molecule has 10 nitrogen and oxygen atoms in total. The molecular weight excluding hydrogens is 509 g/mol. The van der Waals surface area contributed by atoms with Crippen molar-refractivity contribution >= 4 is 40.7 Å². The van der Waals surface area contributed by atoms with Crippen LogP contribution >= 0.6 is 11.6 Å². The lowest BCUT2D eigenvalue weighted by Gasteiger charge is -2.28. The molecule has 2 aliphatic rings. The molecule has 0 aromatic heterocycles. The Morgan fingerprint density at radius 3 is 2.54 bits per heavy atom. The predicted octanol–water partition coefficient (Wildman–Crippen LogP) is 4.09. The Kier molecular flexibility index (Phi) is 6.22. The number of amides is 3. The summed E-state index contributed by atoms with van der Waals surface area (Å²) in [5, 5.41) is 11.2. The molecule has 0 radical (unpaired) electrons. The zero-order chi connectivity index (χ0) is 26.3. The van der Waals surface area contributed by atoms with Crippen LogP contribution in [0, 0.1) is 15.9 Å². The van der Waals surface area contributed by atoms with Crippen LogP contribution < -0.4 is 14.4 Å². The van der Waals surface area contributed by atoms with Crippen molar-refractivity contribution in [2.45, 2.75) is 19.0 Å². The van der Waals surface area contributed by atoms with E-state index in [1.807, 2.05) is 0 Å². The molecule has 12 heteroatoms. The standard InChI is InChI=1S/C25H17ClFN3O7/c26-18-7-2-15(10-19(18)30(34)35)24(32)28(12-14-1-8-21-22(9-14)37-13-36-21)20-11-23(31)29(25(20)33)17-5-3-16(27)4-6-17/h1-10,20H,11-13H2. The Bertz CT molecular complexity index is 1450. The van der Waals surface area contributed by atoms with Crippen molar-refractivity contribution in [2.75, 3.05) is 11.7 Å². The molecular formula is C25H17ClFN3O7. The highest BCUT2D eigenvalue weighted by Gasteiger charge is 2.44. The Labute approximate surface area is 213 Å². The van der Waals surface area contributed by atoms with E-state index < -0.39 is 40.2 Å². The third-order valence-electron chi connectivity index (χ3n) is 6.02. The van der Waals surface area contributed by atoms with Gasteiger partial charge in [-0.05, 0) is 54.1 Å². The molecule has 188 valence electrons. The first kappa shape index (κ1) is 24.2. The molecule has 3 aromatic rings. The second kappa shape index (κ2) is 9.51. The fourth-order valence-corrected chi connectivity index (χ4v) is 4.42. The molecule has 3 aromatic carbocycles. The minimum absolute atomic E-state index is 0.0398. The summed E-state index contributed by atoms with van der Waals surface area (Å²) >= 11 is 5.90. The molecule has 1 saturated heterocycles. The number of halogens is 2. The summed E-state index contributed by atoms with van der Waals surface area (Å²) in [5.74, 6) is -1.55. The Morgan fingerprint density at radius 2 is 1.81 bits per heavy atom. The van der Waals surface area contributed by atoms with Crippen LogP contribution in [-0.4, -0.2) is 40.4 Å². The van der Waals surface area contributed by atoms with Crippen molar-refractivity contribution in [3.8, 4) is 11.5 Å². The lowest BCUT2D eigenvalue weighted by atomic mass is 10.1. The fraction of sp³-hybridized carbons (Fsp3) is 0.160. The van der Waals surface area contributed by atoms with Gasteiger partial charge in [0.25, 0.3) is 17.5 Å². The number of ether oxygens (including phenoxy) is 2. The quantitative estimate of drug-likeness (QED) is 0.270. The van der Waals surface area contributed by atoms with Crippen LogP contribution in [0.4, 0.5) is 15.8 Å². The summed E-state index contributed by atoms with van der Waals surface area (Å²) in [6.07, 6.45) is -0.331. The van der Waals surface area contributed by atoms with Gasteiger partial charge in [-0.1, -0.05) is 17.7 Å². The summed E-state index contributed by atoms with van der Waals surface area (Å²) in [6, 6.07) is 12.1. The second-order valence-corrected chi connectivity index (χ2v) is 8.71. The zero-order valence-corrected chi connectivity index (χ0v) is 19.7. The van der Waals surface area contributed by atoms with E-state index in [0.717, 1.165) is 23.1 Å². The van der Waals surface area contributed by atoms with Crippen LogP contribution in [0.3, 0.4) is 0 Å². The second-order valence-electron chi connectivity index (χ2n) is 8.31. The predicted molar refractivity (Wildman–Crippen MR) is 128 cm³/mol. The SMILES string of the molecule is O=C1CC(N(Cc2ccc3c(c2)OCO3)C(=O)c2ccc(Cl)c([N+](=O)[O-])c2)C(=O)N1c1ccc(F)cc1. The maximum atomic E-state index is 13.7. The number of hydrogen-bond donors (Lipinski definition) is 0. The van der Waals surface area contributed by atoms with Crippen LogP contribution in [-0.2, 0) is 16.1 Å². The smallest absolute Gasteiger partial charge is 0.288 e. The van der Waals surface area contributed by atoms with Crippen molar-refractivity contribution < 1.29 is 33.2 Å². The largest absolute Gasteiger partial charge is 0.454 e. The molecule has 0 spiro atoms. The molecule has 2 heterocycles. The molecule has 1 unspecified atom stereocenters. The Hall–Kier alpha value is -4.51. The van der Waals surface area contributed by atoms with Crippen LogP contribution in [0.5, 0.6) is 11.5 Å². The topological polar surface area (TPSA) is 119 Å². The highest BCUT2D eigenvalue weighted by atomic mass is 35.5. The van der Waals surface area contributed by atoms with E-state index in [1.165, 1.54) is 29.2 Å². The van der Waals surface area contributed by atoms with Crippen molar-refractivity contribution in [1.29, 1.82) is 0 Å². The average Bonchev–Trinajstić information content (AvgIpc) is 3.46. The van der Waals surface area contributed by atoms with Crippen LogP contribution in [0.15, 0.2) is 60.7 Å². The summed E-state index contributed by atoms with van der Waals surface area (Å²) in [5.41, 5.74) is 0.174. The van der Waals surface area contributed by atoms with Crippen molar-refractivity contribution in [1.82, 2.24) is 4.90 Å². The van der Waals surface area contributed by atoms with Gasteiger partial charge >= 0.3 is 0 Å². The van der Waals surface area contributed by atoms with Crippen molar-refractivity contribution in [3.05, 3.63) is 92.7 Å². The van der Waals surface area contributed by atoms with Gasteiger partial charge in [-0.2, -0.15) is 0 Å². The summed E-state index contributed by atoms with van der Waals surface area (Å²) in [4.78, 5) is 52.7. The maximum Gasteiger partial charge on any atom is 0.288 e. The maximum absolute atomic E-state index is 13.7. The first-order valence-corrected chi connectivity index (χ1v) is 11.4. The van der Waals surface area contributed by atoms with Gasteiger partial charge < -0.3 is 14.4 Å². The number of fused-ring (bicyclic) bond motifs is 1. The first-order valence-electron chi connectivity index (χ1n) is 11.0. The Balaban J connectivity index is 1.52. The Morgan fingerprint density at radius 1 is 1.08 bits per heavy atom. The zero-order valence-electron chi connectivity index (χ0n) is 18.9. The van der Waals surface area contributed by atoms with Gasteiger partial charge in [0, 0.05) is 18.2 Å². The molecule has 2 aliphatic heterocycles. The molecule has 0 bridgehead atoms. The third-order valence-corrected chi connectivity index (χ3v) is 6.34. The van der Waals surface area contributed by atoms with Gasteiger partial charge in [0.05, 0.1) is 17.0 Å². The van der Waals surface area contributed by atoms with Gasteiger partial charge in [0.1, 0.15) is 16.9 Å². The highest BCUT2D eigenvalue weighted by molar-refractivity contribution is 6.32. The van der Waals surface area contributed by atoms with Gasteiger partial charge in [-0.25, -0.2) is 9.29 Å². The first-order chi connectivity index (χ1) is 17.7. The minimum atomic E-state index is -1.22. The number of hydrogen-bond acceptors (Lipinski definition) is 7. The molecule has 0 N–H and O–H groups in total. The van der Waals surface area contributed by atoms with Crippen LogP contribution in [0.1, 0.15) is 22.3 Å². The minimum Gasteiger partial charge on any atom is -0.454 e. The lowest BCUT2D eigenvalue weighted by Crippen LogP contribution is -2.45. The van der Waals surface area contributed by atoms with Crippen molar-refractivity contribution in [3.63, 3.8) is 0 Å². The molecule has 0 aliphatic carbocycles. The van der Waals surface area contributed by atoms with Gasteiger partial charge in [-0.15, -0.1) is 0 Å². The molecule has 5 rings (SSSR count). The number of imide groups is 1. The number of nitro groups is 1. The molecule has 0 saturated carbocycles. The normalized spacial score (nSPS) is 16.3. The number of carbonyl (C=O) groups is 3. The van der Waals surface area contributed by atoms with E-state index in [1.54, 1.807) is 18.2 Å². The molecule has 1 fully saturated rings. The van der Waals surface area contributed by atoms with Crippen LogP contribution in [0.2, 0.25) is 5.02 Å². The molecule has 3 amide bonds. The van der Waals surface area contributed by atoms with E-state index in [4.69, 9.17) is 21.1 Å². The number of carbonyl (C=O) groups excluding carboxylic acids is 3. The van der Waals surface area contributed by atoms with Crippen molar-refractivity contribution in [2.24, 2.45) is 0 Å².